The van der Waals surface area contributed by atoms with Gasteiger partial charge in [0.1, 0.15) is 10.6 Å². The van der Waals surface area contributed by atoms with E-state index in [0.717, 1.165) is 35.3 Å². The lowest BCUT2D eigenvalue weighted by atomic mass is 10.3. The Morgan fingerprint density at radius 3 is 3.05 bits per heavy atom. The van der Waals surface area contributed by atoms with Crippen molar-refractivity contribution in [2.75, 3.05) is 11.9 Å². The maximum Gasteiger partial charge on any atom is 0.225 e. The zero-order valence-electron chi connectivity index (χ0n) is 11.8. The Hall–Kier alpha value is -1.40. The molecular weight excluding hydrogens is 308 g/mol. The second-order valence-corrected chi connectivity index (χ2v) is 6.86. The van der Waals surface area contributed by atoms with Crippen LogP contribution in [0.2, 0.25) is 5.28 Å². The summed E-state index contributed by atoms with van der Waals surface area (Å²) in [5.74, 6) is 0.883. The molecule has 0 aliphatic heterocycles. The van der Waals surface area contributed by atoms with Crippen molar-refractivity contribution in [2.24, 2.45) is 0 Å². The Balaban J connectivity index is 1.55. The number of rotatable bonds is 6. The van der Waals surface area contributed by atoms with Crippen molar-refractivity contribution in [2.45, 2.75) is 38.6 Å². The molecule has 7 heteroatoms. The lowest BCUT2D eigenvalue weighted by Crippen LogP contribution is -2.25. The molecular formula is C14H17ClN4OS. The smallest absolute Gasteiger partial charge is 0.225 e. The van der Waals surface area contributed by atoms with Crippen LogP contribution in [0.4, 0.5) is 5.82 Å². The number of nitrogens with one attached hydrogen (secondary N) is 2. The van der Waals surface area contributed by atoms with Crippen molar-refractivity contribution in [3.8, 4) is 0 Å². The van der Waals surface area contributed by atoms with E-state index in [9.17, 15) is 4.79 Å². The molecule has 0 atom stereocenters. The number of carbonyl (C=O) groups excluding carboxylic acids is 1. The highest BCUT2D eigenvalue weighted by Crippen LogP contribution is 2.29. The largest absolute Gasteiger partial charge is 0.369 e. The molecule has 112 valence electrons. The molecule has 1 aliphatic rings. The summed E-state index contributed by atoms with van der Waals surface area (Å²) in [5.41, 5.74) is 0. The minimum atomic E-state index is 0.136. The number of thiophene rings is 1. The zero-order chi connectivity index (χ0) is 14.8. The molecule has 3 rings (SSSR count). The van der Waals surface area contributed by atoms with Crippen LogP contribution < -0.4 is 10.6 Å². The minimum absolute atomic E-state index is 0.136. The summed E-state index contributed by atoms with van der Waals surface area (Å²) in [5, 5.41) is 7.48. The van der Waals surface area contributed by atoms with Gasteiger partial charge in [-0.1, -0.05) is 0 Å². The normalized spacial score (nSPS) is 14.4. The molecule has 0 aromatic carbocycles. The number of hydrogen-bond acceptors (Lipinski definition) is 5. The molecule has 0 saturated heterocycles. The predicted molar refractivity (Wildman–Crippen MR) is 86.1 cm³/mol. The lowest BCUT2D eigenvalue weighted by Gasteiger charge is -2.07. The summed E-state index contributed by atoms with van der Waals surface area (Å²) in [7, 11) is 0. The van der Waals surface area contributed by atoms with Gasteiger partial charge in [0.25, 0.3) is 0 Å². The van der Waals surface area contributed by atoms with Crippen molar-refractivity contribution in [3.63, 3.8) is 0 Å². The highest BCUT2D eigenvalue weighted by Gasteiger charge is 2.22. The Bertz CT molecular complexity index is 668. The van der Waals surface area contributed by atoms with Gasteiger partial charge >= 0.3 is 0 Å². The first-order valence-corrected chi connectivity index (χ1v) is 8.28. The number of aromatic nitrogens is 2. The van der Waals surface area contributed by atoms with Crippen molar-refractivity contribution in [1.29, 1.82) is 0 Å². The SMILES string of the molecule is Cc1cc2c(NCCCC(=O)NC3CC3)nc(Cl)nc2s1. The number of hydrogen-bond donors (Lipinski definition) is 2. The Kier molecular flexibility index (Phi) is 4.26. The number of nitrogens with zero attached hydrogens (tertiary/aromatic N) is 2. The monoisotopic (exact) mass is 324 g/mol. The van der Waals surface area contributed by atoms with Crippen molar-refractivity contribution < 1.29 is 4.79 Å². The van der Waals surface area contributed by atoms with E-state index >= 15 is 0 Å². The first kappa shape index (κ1) is 14.5. The highest BCUT2D eigenvalue weighted by atomic mass is 35.5. The minimum Gasteiger partial charge on any atom is -0.369 e. The van der Waals surface area contributed by atoms with Crippen molar-refractivity contribution >= 4 is 44.9 Å². The fourth-order valence-corrected chi connectivity index (χ4v) is 3.23. The van der Waals surface area contributed by atoms with Gasteiger partial charge in [-0.3, -0.25) is 4.79 Å². The van der Waals surface area contributed by atoms with Gasteiger partial charge in [0.05, 0.1) is 5.39 Å². The van der Waals surface area contributed by atoms with E-state index in [1.165, 1.54) is 4.88 Å². The van der Waals surface area contributed by atoms with Crippen LogP contribution in [0, 0.1) is 6.92 Å². The highest BCUT2D eigenvalue weighted by molar-refractivity contribution is 7.18. The van der Waals surface area contributed by atoms with Gasteiger partial charge in [-0.15, -0.1) is 11.3 Å². The Morgan fingerprint density at radius 1 is 1.48 bits per heavy atom. The van der Waals surface area contributed by atoms with E-state index in [2.05, 4.69) is 26.7 Å². The fourth-order valence-electron chi connectivity index (χ4n) is 2.13. The van der Waals surface area contributed by atoms with E-state index in [4.69, 9.17) is 11.6 Å². The topological polar surface area (TPSA) is 66.9 Å². The van der Waals surface area contributed by atoms with Gasteiger partial charge in [0, 0.05) is 23.9 Å². The molecule has 0 radical (unpaired) electrons. The second kappa shape index (κ2) is 6.15. The van der Waals surface area contributed by atoms with Gasteiger partial charge in [0.2, 0.25) is 11.2 Å². The third-order valence-corrected chi connectivity index (χ3v) is 4.42. The summed E-state index contributed by atoms with van der Waals surface area (Å²) >= 11 is 7.54. The van der Waals surface area contributed by atoms with Crippen LogP contribution in [0.3, 0.4) is 0 Å². The molecule has 2 aromatic heterocycles. The average Bonchev–Trinajstić information content (AvgIpc) is 3.14. The first-order valence-electron chi connectivity index (χ1n) is 7.09. The van der Waals surface area contributed by atoms with E-state index < -0.39 is 0 Å². The molecule has 5 nitrogen and oxygen atoms in total. The van der Waals surface area contributed by atoms with Crippen LogP contribution >= 0.6 is 22.9 Å². The van der Waals surface area contributed by atoms with Crippen LogP contribution in [0.1, 0.15) is 30.6 Å². The molecule has 0 unspecified atom stereocenters. The van der Waals surface area contributed by atoms with Crippen LogP contribution in [0.5, 0.6) is 0 Å². The fraction of sp³-hybridized carbons (Fsp3) is 0.500. The van der Waals surface area contributed by atoms with E-state index in [-0.39, 0.29) is 11.2 Å². The van der Waals surface area contributed by atoms with Crippen molar-refractivity contribution in [3.05, 3.63) is 16.2 Å². The number of aryl methyl sites for hydroxylation is 1. The summed E-state index contributed by atoms with van der Waals surface area (Å²) < 4.78 is 0. The standard InChI is InChI=1S/C14H17ClN4OS/c1-8-7-10-12(18-14(15)19-13(10)21-8)16-6-2-3-11(20)17-9-4-5-9/h7,9H,2-6H2,1H3,(H,17,20)(H,16,18,19). The summed E-state index contributed by atoms with van der Waals surface area (Å²) in [6, 6.07) is 2.48. The molecule has 1 aliphatic carbocycles. The molecule has 2 N–H and O–H groups in total. The predicted octanol–water partition coefficient (Wildman–Crippen LogP) is 3.12. The molecule has 0 bridgehead atoms. The molecule has 1 amide bonds. The molecule has 2 heterocycles. The third-order valence-electron chi connectivity index (χ3n) is 3.30. The number of anilines is 1. The number of halogens is 1. The number of carbonyl (C=O) groups is 1. The summed E-state index contributed by atoms with van der Waals surface area (Å²) in [4.78, 5) is 22.1. The van der Waals surface area contributed by atoms with Crippen molar-refractivity contribution in [1.82, 2.24) is 15.3 Å². The molecule has 1 fully saturated rings. The Labute approximate surface area is 132 Å². The quantitative estimate of drug-likeness (QED) is 0.633. The zero-order valence-corrected chi connectivity index (χ0v) is 13.4. The first-order chi connectivity index (χ1) is 10.1. The average molecular weight is 325 g/mol. The van der Waals surface area contributed by atoms with Crippen LogP contribution in [0.15, 0.2) is 6.07 Å². The van der Waals surface area contributed by atoms with Gasteiger partial charge in [-0.05, 0) is 43.9 Å². The van der Waals surface area contributed by atoms with Gasteiger partial charge < -0.3 is 10.6 Å². The van der Waals surface area contributed by atoms with E-state index in [1.54, 1.807) is 11.3 Å². The summed E-state index contributed by atoms with van der Waals surface area (Å²) in [6.07, 6.45) is 3.55. The van der Waals surface area contributed by atoms with Gasteiger partial charge in [0.15, 0.2) is 0 Å². The Morgan fingerprint density at radius 2 is 2.29 bits per heavy atom. The van der Waals surface area contributed by atoms with E-state index in [0.29, 0.717) is 19.0 Å². The third kappa shape index (κ3) is 3.83. The van der Waals surface area contributed by atoms with E-state index in [1.807, 2.05) is 6.92 Å². The maximum atomic E-state index is 11.6. The van der Waals surface area contributed by atoms with Crippen LogP contribution in [-0.2, 0) is 4.79 Å². The van der Waals surface area contributed by atoms with Gasteiger partial charge in [-0.2, -0.15) is 0 Å². The summed E-state index contributed by atoms with van der Waals surface area (Å²) in [6.45, 7) is 2.72. The lowest BCUT2D eigenvalue weighted by molar-refractivity contribution is -0.121. The van der Waals surface area contributed by atoms with Crippen LogP contribution in [-0.4, -0.2) is 28.5 Å². The second-order valence-electron chi connectivity index (χ2n) is 5.29. The van der Waals surface area contributed by atoms with Gasteiger partial charge in [-0.25, -0.2) is 9.97 Å². The molecule has 0 spiro atoms. The maximum absolute atomic E-state index is 11.6. The number of fused-ring (bicyclic) bond motifs is 1. The van der Waals surface area contributed by atoms with Crippen LogP contribution in [0.25, 0.3) is 10.2 Å². The molecule has 2 aromatic rings. The molecule has 1 saturated carbocycles. The molecule has 21 heavy (non-hydrogen) atoms. The number of amides is 1.